The van der Waals surface area contributed by atoms with E-state index in [-0.39, 0.29) is 5.92 Å². The number of ether oxygens (including phenoxy) is 1. The fourth-order valence-corrected chi connectivity index (χ4v) is 3.43. The number of imidazole rings is 1. The predicted octanol–water partition coefficient (Wildman–Crippen LogP) is 4.67. The molecule has 0 fully saturated rings. The van der Waals surface area contributed by atoms with Crippen molar-refractivity contribution in [2.75, 3.05) is 6.61 Å². The number of nitrogens with one attached hydrogen (secondary N) is 1. The smallest absolute Gasteiger partial charge is 0.149 e. The second kappa shape index (κ2) is 8.05. The van der Waals surface area contributed by atoms with Crippen molar-refractivity contribution in [1.29, 1.82) is 0 Å². The van der Waals surface area contributed by atoms with Crippen molar-refractivity contribution in [3.8, 4) is 22.6 Å². The Balaban J connectivity index is 1.77. The van der Waals surface area contributed by atoms with Crippen molar-refractivity contribution in [2.45, 2.75) is 19.3 Å². The summed E-state index contributed by atoms with van der Waals surface area (Å²) in [6, 6.07) is 13.9. The first-order valence-electron chi connectivity index (χ1n) is 9.35. The van der Waals surface area contributed by atoms with Crippen molar-refractivity contribution in [1.82, 2.24) is 15.0 Å². The quantitative estimate of drug-likeness (QED) is 0.639. The number of hydrogen-bond donors (Lipinski definition) is 1. The van der Waals surface area contributed by atoms with Gasteiger partial charge < -0.3 is 9.72 Å². The van der Waals surface area contributed by atoms with Crippen LogP contribution in [0.15, 0.2) is 78.3 Å². The van der Waals surface area contributed by atoms with Gasteiger partial charge >= 0.3 is 0 Å². The Labute approximate surface area is 163 Å². The van der Waals surface area contributed by atoms with Crippen molar-refractivity contribution in [2.24, 2.45) is 0 Å². The van der Waals surface area contributed by atoms with Gasteiger partial charge in [0, 0.05) is 35.0 Å². The van der Waals surface area contributed by atoms with Crippen LogP contribution in [-0.4, -0.2) is 27.8 Å². The minimum Gasteiger partial charge on any atom is -0.493 e. The minimum absolute atomic E-state index is 0.0116. The second-order valence-electron chi connectivity index (χ2n) is 6.56. The average Bonchev–Trinajstić information content (AvgIpc) is 3.21. The molecule has 28 heavy (non-hydrogen) atoms. The summed E-state index contributed by atoms with van der Waals surface area (Å²) in [4.78, 5) is 24.1. The van der Waals surface area contributed by atoms with Crippen molar-refractivity contribution in [3.05, 3.63) is 84.0 Å². The summed E-state index contributed by atoms with van der Waals surface area (Å²) >= 11 is 0. The predicted molar refractivity (Wildman–Crippen MR) is 108 cm³/mol. The van der Waals surface area contributed by atoms with Gasteiger partial charge in [0.25, 0.3) is 0 Å². The monoisotopic (exact) mass is 371 g/mol. The second-order valence-corrected chi connectivity index (χ2v) is 6.56. The molecule has 3 aromatic rings. The highest BCUT2D eigenvalue weighted by Crippen LogP contribution is 2.37. The topological polar surface area (TPSA) is 67.9 Å². The number of pyridine rings is 1. The molecule has 4 rings (SSSR count). The molecule has 0 saturated carbocycles. The molecule has 0 amide bonds. The van der Waals surface area contributed by atoms with E-state index in [9.17, 15) is 4.79 Å². The van der Waals surface area contributed by atoms with E-state index >= 15 is 0 Å². The lowest BCUT2D eigenvalue weighted by molar-refractivity contribution is -0.105. The van der Waals surface area contributed by atoms with Crippen molar-refractivity contribution < 1.29 is 9.53 Å². The molecule has 1 aliphatic carbocycles. The number of hydrogen-bond acceptors (Lipinski definition) is 4. The van der Waals surface area contributed by atoms with Gasteiger partial charge in [-0.1, -0.05) is 36.4 Å². The summed E-state index contributed by atoms with van der Waals surface area (Å²) in [5, 5.41) is 0. The number of rotatable bonds is 6. The molecular weight excluding hydrogens is 350 g/mol. The van der Waals surface area contributed by atoms with Crippen LogP contribution in [0.5, 0.6) is 0 Å². The summed E-state index contributed by atoms with van der Waals surface area (Å²) in [6.07, 6.45) is 8.95. The van der Waals surface area contributed by atoms with Crippen LogP contribution >= 0.6 is 0 Å². The molecule has 0 saturated heterocycles. The van der Waals surface area contributed by atoms with Crippen LogP contribution in [0.3, 0.4) is 0 Å². The van der Waals surface area contributed by atoms with Gasteiger partial charge in [-0.25, -0.2) is 4.98 Å². The van der Waals surface area contributed by atoms with Gasteiger partial charge in [-0.2, -0.15) is 0 Å². The van der Waals surface area contributed by atoms with Gasteiger partial charge in [-0.15, -0.1) is 0 Å². The summed E-state index contributed by atoms with van der Waals surface area (Å²) in [5.74, 6) is 1.47. The minimum atomic E-state index is 0.0116. The molecule has 2 aromatic heterocycles. The molecule has 0 spiro atoms. The van der Waals surface area contributed by atoms with Crippen LogP contribution in [0.4, 0.5) is 0 Å². The molecule has 140 valence electrons. The highest BCUT2D eigenvalue weighted by atomic mass is 16.5. The van der Waals surface area contributed by atoms with Crippen molar-refractivity contribution >= 4 is 6.29 Å². The normalized spacial score (nSPS) is 16.2. The van der Waals surface area contributed by atoms with Crippen LogP contribution in [0, 0.1) is 0 Å². The molecular formula is C23H21N3O2. The van der Waals surface area contributed by atoms with E-state index in [4.69, 9.17) is 9.72 Å². The number of nitrogens with zero attached hydrogens (tertiary/aromatic N) is 2. The highest BCUT2D eigenvalue weighted by molar-refractivity contribution is 5.77. The van der Waals surface area contributed by atoms with Gasteiger partial charge in [0.2, 0.25) is 0 Å². The van der Waals surface area contributed by atoms with Gasteiger partial charge in [0.1, 0.15) is 17.9 Å². The average molecular weight is 371 g/mol. The molecule has 0 aliphatic heterocycles. The Morgan fingerprint density at radius 1 is 1.14 bits per heavy atom. The number of carbonyl (C=O) groups is 1. The van der Waals surface area contributed by atoms with Crippen LogP contribution in [0.1, 0.15) is 25.0 Å². The summed E-state index contributed by atoms with van der Waals surface area (Å²) in [7, 11) is 0. The van der Waals surface area contributed by atoms with Gasteiger partial charge in [-0.3, -0.25) is 9.78 Å². The zero-order valence-corrected chi connectivity index (χ0v) is 15.6. The van der Waals surface area contributed by atoms with E-state index in [1.165, 1.54) is 0 Å². The van der Waals surface area contributed by atoms with Gasteiger partial charge in [-0.05, 0) is 31.6 Å². The Morgan fingerprint density at radius 2 is 1.93 bits per heavy atom. The molecule has 2 heterocycles. The third-order valence-electron chi connectivity index (χ3n) is 4.78. The Bertz CT molecular complexity index is 1020. The number of aromatic amines is 1. The lowest BCUT2D eigenvalue weighted by Gasteiger charge is -2.19. The van der Waals surface area contributed by atoms with E-state index < -0.39 is 0 Å². The number of benzene rings is 1. The summed E-state index contributed by atoms with van der Waals surface area (Å²) in [5.41, 5.74) is 4.54. The lowest BCUT2D eigenvalue weighted by atomic mass is 9.89. The number of H-pyrrole nitrogens is 1. The SMILES string of the molecule is CCOC1=C(C=O)CC(c2[nH]c(-c3ccccc3)nc2-c2ccncc2)C=C1. The zero-order valence-electron chi connectivity index (χ0n) is 15.6. The molecule has 1 N–H and O–H groups in total. The fourth-order valence-electron chi connectivity index (χ4n) is 3.43. The molecule has 1 aliphatic rings. The summed E-state index contributed by atoms with van der Waals surface area (Å²) in [6.45, 7) is 2.45. The first kappa shape index (κ1) is 17.9. The standard InChI is InChI=1S/C23H21N3O2/c1-2-28-20-9-8-18(14-19(20)15-27)22-21(16-10-12-24-13-11-16)25-23(26-22)17-6-4-3-5-7-17/h3-13,15,18H,2,14H2,1H3,(H,25,26). The van der Waals surface area contributed by atoms with E-state index in [1.807, 2.05) is 55.5 Å². The maximum atomic E-state index is 11.6. The molecule has 5 nitrogen and oxygen atoms in total. The molecule has 1 aromatic carbocycles. The third kappa shape index (κ3) is 3.51. The first-order chi connectivity index (χ1) is 13.8. The molecule has 1 unspecified atom stereocenters. The Kier molecular flexibility index (Phi) is 5.15. The zero-order chi connectivity index (χ0) is 19.3. The van der Waals surface area contributed by atoms with Gasteiger partial charge in [0.05, 0.1) is 18.0 Å². The summed E-state index contributed by atoms with van der Waals surface area (Å²) < 4.78 is 5.59. The lowest BCUT2D eigenvalue weighted by Crippen LogP contribution is -2.09. The molecule has 1 atom stereocenters. The molecule has 0 bridgehead atoms. The molecule has 0 radical (unpaired) electrons. The third-order valence-corrected chi connectivity index (χ3v) is 4.78. The van der Waals surface area contributed by atoms with Crippen LogP contribution in [-0.2, 0) is 9.53 Å². The maximum Gasteiger partial charge on any atom is 0.149 e. The largest absolute Gasteiger partial charge is 0.493 e. The fraction of sp³-hybridized carbons (Fsp3) is 0.174. The van der Waals surface area contributed by atoms with E-state index in [0.717, 1.165) is 34.6 Å². The van der Waals surface area contributed by atoms with Crippen LogP contribution < -0.4 is 0 Å². The van der Waals surface area contributed by atoms with Crippen LogP contribution in [0.25, 0.3) is 22.6 Å². The van der Waals surface area contributed by atoms with Gasteiger partial charge in [0.15, 0.2) is 0 Å². The van der Waals surface area contributed by atoms with Crippen molar-refractivity contribution in [3.63, 3.8) is 0 Å². The number of allylic oxidation sites excluding steroid dienone is 3. The number of aldehydes is 1. The maximum absolute atomic E-state index is 11.6. The van der Waals surface area contributed by atoms with E-state index in [2.05, 4.69) is 16.0 Å². The highest BCUT2D eigenvalue weighted by Gasteiger charge is 2.24. The number of aromatic nitrogens is 3. The van der Waals surface area contributed by atoms with Crippen LogP contribution in [0.2, 0.25) is 0 Å². The van der Waals surface area contributed by atoms with E-state index in [0.29, 0.717) is 24.4 Å². The first-order valence-corrected chi connectivity index (χ1v) is 9.35. The Hall–Kier alpha value is -3.47. The number of carbonyl (C=O) groups excluding carboxylic acids is 1. The Morgan fingerprint density at radius 3 is 2.64 bits per heavy atom. The van der Waals surface area contributed by atoms with E-state index in [1.54, 1.807) is 12.4 Å². The molecule has 5 heteroatoms.